The Balaban J connectivity index is 1.82. The second-order valence-corrected chi connectivity index (χ2v) is 6.19. The summed E-state index contributed by atoms with van der Waals surface area (Å²) < 4.78 is 5.17. The highest BCUT2D eigenvalue weighted by atomic mass is 16.4. The fraction of sp³-hybridized carbons (Fsp3) is 0.333. The van der Waals surface area contributed by atoms with Crippen LogP contribution in [0.5, 0.6) is 0 Å². The molecule has 1 aliphatic heterocycles. The summed E-state index contributed by atoms with van der Waals surface area (Å²) in [6, 6.07) is 12.8. The lowest BCUT2D eigenvalue weighted by Crippen LogP contribution is -2.46. The maximum Gasteiger partial charge on any atom is 0.371 e. The lowest BCUT2D eigenvalue weighted by molar-refractivity contribution is 0.0580. The van der Waals surface area contributed by atoms with Crippen molar-refractivity contribution in [3.63, 3.8) is 0 Å². The van der Waals surface area contributed by atoms with Crippen molar-refractivity contribution in [2.45, 2.75) is 31.7 Å². The van der Waals surface area contributed by atoms with Gasteiger partial charge in [0.05, 0.1) is 0 Å². The van der Waals surface area contributed by atoms with Gasteiger partial charge in [0.1, 0.15) is 0 Å². The predicted octanol–water partition coefficient (Wildman–Crippen LogP) is 3.22. The smallest absolute Gasteiger partial charge is 0.371 e. The average Bonchev–Trinajstić information content (AvgIpc) is 3.15. The van der Waals surface area contributed by atoms with Crippen LogP contribution in [0.4, 0.5) is 0 Å². The van der Waals surface area contributed by atoms with E-state index in [1.165, 1.54) is 17.7 Å². The second kappa shape index (κ2) is 5.91. The van der Waals surface area contributed by atoms with Crippen molar-refractivity contribution in [3.8, 4) is 0 Å². The molecule has 0 spiro atoms. The van der Waals surface area contributed by atoms with E-state index in [1.807, 2.05) is 23.1 Å². The van der Waals surface area contributed by atoms with Gasteiger partial charge in [-0.3, -0.25) is 4.79 Å². The molecule has 1 atom stereocenters. The lowest BCUT2D eigenvalue weighted by Gasteiger charge is -2.35. The summed E-state index contributed by atoms with van der Waals surface area (Å²) in [4.78, 5) is 25.4. The first-order chi connectivity index (χ1) is 11.0. The van der Waals surface area contributed by atoms with Crippen molar-refractivity contribution in [3.05, 3.63) is 59.5 Å². The molecule has 0 radical (unpaired) electrons. The monoisotopic (exact) mass is 313 g/mol. The number of carbonyl (C=O) groups excluding carboxylic acids is 1. The minimum atomic E-state index is -1.17. The molecular weight excluding hydrogens is 294 g/mol. The lowest BCUT2D eigenvalue weighted by atomic mass is 9.90. The molecule has 1 aliphatic rings. The van der Waals surface area contributed by atoms with Gasteiger partial charge < -0.3 is 14.4 Å². The van der Waals surface area contributed by atoms with E-state index in [-0.39, 0.29) is 23.0 Å². The third-order valence-corrected chi connectivity index (χ3v) is 4.45. The van der Waals surface area contributed by atoms with Crippen LogP contribution < -0.4 is 0 Å². The number of carboxylic acid groups (broad SMARTS) is 1. The largest absolute Gasteiger partial charge is 0.475 e. The van der Waals surface area contributed by atoms with E-state index in [0.29, 0.717) is 6.54 Å². The summed E-state index contributed by atoms with van der Waals surface area (Å²) in [5.74, 6) is -1.54. The molecule has 0 bridgehead atoms. The highest BCUT2D eigenvalue weighted by Crippen LogP contribution is 2.33. The van der Waals surface area contributed by atoms with Crippen LogP contribution in [0.25, 0.3) is 0 Å². The van der Waals surface area contributed by atoms with Gasteiger partial charge in [-0.25, -0.2) is 4.79 Å². The molecule has 1 amide bonds. The molecule has 5 nitrogen and oxygen atoms in total. The molecule has 2 heterocycles. The van der Waals surface area contributed by atoms with Crippen molar-refractivity contribution >= 4 is 11.9 Å². The number of hydrogen-bond donors (Lipinski definition) is 1. The Hall–Kier alpha value is -2.56. The molecule has 1 N–H and O–H groups in total. The maximum absolute atomic E-state index is 12.7. The van der Waals surface area contributed by atoms with Gasteiger partial charge in [-0.2, -0.15) is 0 Å². The number of carbonyl (C=O) groups is 2. The summed E-state index contributed by atoms with van der Waals surface area (Å²) in [7, 11) is 0. The van der Waals surface area contributed by atoms with Gasteiger partial charge in [0.2, 0.25) is 5.76 Å². The third kappa shape index (κ3) is 2.99. The fourth-order valence-electron chi connectivity index (χ4n) is 3.29. The van der Waals surface area contributed by atoms with Crippen molar-refractivity contribution < 1.29 is 19.1 Å². The zero-order valence-electron chi connectivity index (χ0n) is 13.0. The van der Waals surface area contributed by atoms with E-state index in [0.717, 1.165) is 19.3 Å². The number of nitrogens with zero attached hydrogens (tertiary/aromatic N) is 1. The Morgan fingerprint density at radius 1 is 1.17 bits per heavy atom. The van der Waals surface area contributed by atoms with Gasteiger partial charge in [0, 0.05) is 12.1 Å². The molecule has 23 heavy (non-hydrogen) atoms. The van der Waals surface area contributed by atoms with Crippen molar-refractivity contribution in [1.82, 2.24) is 4.90 Å². The van der Waals surface area contributed by atoms with Crippen LogP contribution in [0.3, 0.4) is 0 Å². The molecule has 1 fully saturated rings. The van der Waals surface area contributed by atoms with Crippen LogP contribution in [-0.4, -0.2) is 34.0 Å². The summed E-state index contributed by atoms with van der Waals surface area (Å²) in [6.45, 7) is 2.73. The molecule has 3 rings (SSSR count). The maximum atomic E-state index is 12.7. The zero-order valence-corrected chi connectivity index (χ0v) is 13.0. The second-order valence-electron chi connectivity index (χ2n) is 6.19. The zero-order chi connectivity index (χ0) is 16.4. The fourth-order valence-corrected chi connectivity index (χ4v) is 3.29. The molecule has 1 unspecified atom stereocenters. The molecule has 120 valence electrons. The number of amides is 1. The Labute approximate surface area is 134 Å². The van der Waals surface area contributed by atoms with Gasteiger partial charge in [-0.05, 0) is 43.9 Å². The normalized spacial score (nSPS) is 20.7. The first-order valence-electron chi connectivity index (χ1n) is 7.69. The number of likely N-dealkylation sites (tertiary alicyclic amines) is 1. The standard InChI is InChI=1S/C18H19NO4/c1-18(12-13-6-3-2-4-7-13)10-5-11-19(18)16(20)14-8-9-15(23-14)17(21)22/h2-4,6-9H,5,10-12H2,1H3,(H,21,22). The van der Waals surface area contributed by atoms with Crippen LogP contribution >= 0.6 is 0 Å². The Morgan fingerprint density at radius 2 is 1.87 bits per heavy atom. The number of carboxylic acids is 1. The first kappa shape index (κ1) is 15.3. The molecule has 0 saturated carbocycles. The van der Waals surface area contributed by atoms with Gasteiger partial charge in [-0.15, -0.1) is 0 Å². The highest BCUT2D eigenvalue weighted by Gasteiger charge is 2.40. The Morgan fingerprint density at radius 3 is 2.52 bits per heavy atom. The van der Waals surface area contributed by atoms with E-state index in [1.54, 1.807) is 0 Å². The summed E-state index contributed by atoms with van der Waals surface area (Å²) in [6.07, 6.45) is 2.62. The number of benzene rings is 1. The van der Waals surface area contributed by atoms with Gasteiger partial charge in [0.15, 0.2) is 5.76 Å². The summed E-state index contributed by atoms with van der Waals surface area (Å²) >= 11 is 0. The summed E-state index contributed by atoms with van der Waals surface area (Å²) in [5.41, 5.74) is 0.898. The number of furan rings is 1. The van der Waals surface area contributed by atoms with Crippen LogP contribution in [0.1, 0.15) is 46.4 Å². The van der Waals surface area contributed by atoms with Crippen LogP contribution in [-0.2, 0) is 6.42 Å². The molecule has 1 aromatic heterocycles. The van der Waals surface area contributed by atoms with E-state index in [2.05, 4.69) is 19.1 Å². The number of hydrogen-bond acceptors (Lipinski definition) is 3. The molecule has 2 aromatic rings. The van der Waals surface area contributed by atoms with Crippen molar-refractivity contribution in [2.24, 2.45) is 0 Å². The molecular formula is C18H19NO4. The molecule has 5 heteroatoms. The first-order valence-corrected chi connectivity index (χ1v) is 7.69. The SMILES string of the molecule is CC1(Cc2ccccc2)CCCN1C(=O)c1ccc(C(=O)O)o1. The third-order valence-electron chi connectivity index (χ3n) is 4.45. The van der Waals surface area contributed by atoms with E-state index >= 15 is 0 Å². The van der Waals surface area contributed by atoms with Crippen LogP contribution in [0.2, 0.25) is 0 Å². The minimum absolute atomic E-state index is 0.0867. The van der Waals surface area contributed by atoms with Crippen molar-refractivity contribution in [2.75, 3.05) is 6.54 Å². The number of rotatable bonds is 4. The van der Waals surface area contributed by atoms with Gasteiger partial charge in [-0.1, -0.05) is 30.3 Å². The van der Waals surface area contributed by atoms with E-state index in [9.17, 15) is 9.59 Å². The Bertz CT molecular complexity index is 722. The van der Waals surface area contributed by atoms with E-state index in [4.69, 9.17) is 9.52 Å². The molecule has 1 saturated heterocycles. The Kier molecular flexibility index (Phi) is 3.94. The number of aromatic carboxylic acids is 1. The van der Waals surface area contributed by atoms with Gasteiger partial charge >= 0.3 is 5.97 Å². The molecule has 1 aromatic carbocycles. The molecule has 0 aliphatic carbocycles. The minimum Gasteiger partial charge on any atom is -0.475 e. The van der Waals surface area contributed by atoms with Crippen LogP contribution in [0.15, 0.2) is 46.9 Å². The van der Waals surface area contributed by atoms with Crippen LogP contribution in [0, 0.1) is 0 Å². The quantitative estimate of drug-likeness (QED) is 0.941. The van der Waals surface area contributed by atoms with Crippen molar-refractivity contribution in [1.29, 1.82) is 0 Å². The predicted molar refractivity (Wildman–Crippen MR) is 84.5 cm³/mol. The average molecular weight is 313 g/mol. The highest BCUT2D eigenvalue weighted by molar-refractivity contribution is 5.94. The van der Waals surface area contributed by atoms with E-state index < -0.39 is 5.97 Å². The van der Waals surface area contributed by atoms with Gasteiger partial charge in [0.25, 0.3) is 5.91 Å². The summed E-state index contributed by atoms with van der Waals surface area (Å²) in [5, 5.41) is 8.92. The topological polar surface area (TPSA) is 70.8 Å².